The molecule has 1 aliphatic heterocycles. The van der Waals surface area contributed by atoms with E-state index in [9.17, 15) is 18.8 Å². The van der Waals surface area contributed by atoms with Gasteiger partial charge in [-0.1, -0.05) is 35.9 Å². The van der Waals surface area contributed by atoms with Crippen LogP contribution in [0.25, 0.3) is 6.08 Å². The summed E-state index contributed by atoms with van der Waals surface area (Å²) in [6.07, 6.45) is 1.68. The van der Waals surface area contributed by atoms with Crippen molar-refractivity contribution in [2.75, 3.05) is 13.1 Å². The van der Waals surface area contributed by atoms with Gasteiger partial charge in [0.15, 0.2) is 0 Å². The van der Waals surface area contributed by atoms with Crippen LogP contribution in [-0.2, 0) is 4.79 Å². The quantitative estimate of drug-likeness (QED) is 0.800. The van der Waals surface area contributed by atoms with Gasteiger partial charge in [-0.2, -0.15) is 0 Å². The number of aryl methyl sites for hydroxylation is 1. The number of hydrogen-bond acceptors (Lipinski definition) is 4. The molecule has 0 saturated carbocycles. The molecule has 0 atom stereocenters. The van der Waals surface area contributed by atoms with Gasteiger partial charge in [0.25, 0.3) is 17.1 Å². The second kappa shape index (κ2) is 8.18. The summed E-state index contributed by atoms with van der Waals surface area (Å²) in [7, 11) is 0. The molecule has 0 bridgehead atoms. The molecule has 0 spiro atoms. The standard InChI is InChI=1S/C20H17FN2O3S/c1-13-5-7-14(8-6-13)11-17-19(25)23(20(26)27-17)10-9-22-18(24)15-3-2-4-16(21)12-15/h2-8,11-12H,9-10H2,1H3,(H,22,24). The largest absolute Gasteiger partial charge is 0.350 e. The van der Waals surface area contributed by atoms with Crippen molar-refractivity contribution in [1.82, 2.24) is 10.2 Å². The zero-order valence-electron chi connectivity index (χ0n) is 14.6. The van der Waals surface area contributed by atoms with Gasteiger partial charge in [0.1, 0.15) is 5.82 Å². The van der Waals surface area contributed by atoms with Gasteiger partial charge in [0, 0.05) is 18.7 Å². The van der Waals surface area contributed by atoms with Gasteiger partial charge < -0.3 is 5.32 Å². The Morgan fingerprint density at radius 2 is 1.93 bits per heavy atom. The number of hydrogen-bond donors (Lipinski definition) is 1. The minimum absolute atomic E-state index is 0.0525. The Bertz CT molecular complexity index is 925. The van der Waals surface area contributed by atoms with Crippen LogP contribution in [0.15, 0.2) is 53.4 Å². The number of benzene rings is 2. The number of nitrogens with one attached hydrogen (secondary N) is 1. The summed E-state index contributed by atoms with van der Waals surface area (Å²) in [4.78, 5) is 38.0. The molecule has 0 unspecified atom stereocenters. The molecule has 7 heteroatoms. The van der Waals surface area contributed by atoms with E-state index in [-0.39, 0.29) is 29.8 Å². The second-order valence-electron chi connectivity index (χ2n) is 6.01. The molecule has 2 aromatic carbocycles. The van der Waals surface area contributed by atoms with E-state index < -0.39 is 11.7 Å². The highest BCUT2D eigenvalue weighted by Gasteiger charge is 2.34. The molecule has 0 aromatic heterocycles. The molecule has 0 aliphatic carbocycles. The summed E-state index contributed by atoms with van der Waals surface area (Å²) in [6, 6.07) is 12.9. The van der Waals surface area contributed by atoms with Crippen LogP contribution >= 0.6 is 11.8 Å². The number of thioether (sulfide) groups is 1. The summed E-state index contributed by atoms with van der Waals surface area (Å²) in [5.74, 6) is -1.35. The number of amides is 3. The van der Waals surface area contributed by atoms with Crippen LogP contribution in [-0.4, -0.2) is 35.0 Å². The molecule has 1 fully saturated rings. The summed E-state index contributed by atoms with van der Waals surface area (Å²) in [6.45, 7) is 2.11. The van der Waals surface area contributed by atoms with Gasteiger partial charge >= 0.3 is 0 Å². The van der Waals surface area contributed by atoms with Crippen molar-refractivity contribution in [3.63, 3.8) is 0 Å². The highest BCUT2D eigenvalue weighted by Crippen LogP contribution is 2.31. The first-order chi connectivity index (χ1) is 12.9. The average Bonchev–Trinajstić information content (AvgIpc) is 2.91. The number of halogens is 1. The van der Waals surface area contributed by atoms with E-state index in [0.717, 1.165) is 33.9 Å². The first-order valence-corrected chi connectivity index (χ1v) is 9.11. The molecule has 3 rings (SSSR count). The van der Waals surface area contributed by atoms with Gasteiger partial charge in [0.05, 0.1) is 4.91 Å². The predicted molar refractivity (Wildman–Crippen MR) is 103 cm³/mol. The molecule has 27 heavy (non-hydrogen) atoms. The number of carbonyl (C=O) groups excluding carboxylic acids is 3. The fourth-order valence-corrected chi connectivity index (χ4v) is 3.38. The van der Waals surface area contributed by atoms with E-state index in [4.69, 9.17) is 0 Å². The molecule has 1 saturated heterocycles. The smallest absolute Gasteiger partial charge is 0.293 e. The predicted octanol–water partition coefficient (Wildman–Crippen LogP) is 3.60. The van der Waals surface area contributed by atoms with Crippen LogP contribution in [0, 0.1) is 12.7 Å². The molecule has 0 radical (unpaired) electrons. The molecular weight excluding hydrogens is 367 g/mol. The minimum Gasteiger partial charge on any atom is -0.350 e. The lowest BCUT2D eigenvalue weighted by Crippen LogP contribution is -2.37. The number of carbonyl (C=O) groups is 3. The van der Waals surface area contributed by atoms with Crippen LogP contribution < -0.4 is 5.32 Å². The Balaban J connectivity index is 1.59. The van der Waals surface area contributed by atoms with Crippen molar-refractivity contribution < 1.29 is 18.8 Å². The number of nitrogens with zero attached hydrogens (tertiary/aromatic N) is 1. The molecule has 3 amide bonds. The van der Waals surface area contributed by atoms with Gasteiger partial charge in [0.2, 0.25) is 0 Å². The SMILES string of the molecule is Cc1ccc(C=C2SC(=O)N(CCNC(=O)c3cccc(F)c3)C2=O)cc1. The molecule has 1 N–H and O–H groups in total. The fourth-order valence-electron chi connectivity index (χ4n) is 2.52. The van der Waals surface area contributed by atoms with E-state index in [1.165, 1.54) is 18.2 Å². The van der Waals surface area contributed by atoms with E-state index in [1.54, 1.807) is 6.08 Å². The van der Waals surface area contributed by atoms with E-state index >= 15 is 0 Å². The molecule has 1 heterocycles. The number of rotatable bonds is 5. The monoisotopic (exact) mass is 384 g/mol. The van der Waals surface area contributed by atoms with Crippen molar-refractivity contribution in [3.8, 4) is 0 Å². The normalized spacial score (nSPS) is 15.5. The summed E-state index contributed by atoms with van der Waals surface area (Å²) < 4.78 is 13.2. The summed E-state index contributed by atoms with van der Waals surface area (Å²) >= 11 is 0.874. The lowest BCUT2D eigenvalue weighted by atomic mass is 10.1. The molecule has 5 nitrogen and oxygen atoms in total. The topological polar surface area (TPSA) is 66.5 Å². The third kappa shape index (κ3) is 4.62. The van der Waals surface area contributed by atoms with Gasteiger partial charge in [-0.05, 0) is 48.5 Å². The molecule has 1 aliphatic rings. The van der Waals surface area contributed by atoms with E-state index in [0.29, 0.717) is 4.91 Å². The van der Waals surface area contributed by atoms with Crippen molar-refractivity contribution in [3.05, 3.63) is 75.9 Å². The Labute approximate surface area is 160 Å². The zero-order valence-corrected chi connectivity index (χ0v) is 15.4. The number of imide groups is 1. The molecular formula is C20H17FN2O3S. The lowest BCUT2D eigenvalue weighted by Gasteiger charge is -2.13. The average molecular weight is 384 g/mol. The summed E-state index contributed by atoms with van der Waals surface area (Å²) in [5.41, 5.74) is 2.13. The maximum Gasteiger partial charge on any atom is 0.293 e. The maximum absolute atomic E-state index is 13.2. The van der Waals surface area contributed by atoms with Crippen molar-refractivity contribution >= 4 is 34.9 Å². The fraction of sp³-hybridized carbons (Fsp3) is 0.150. The van der Waals surface area contributed by atoms with Crippen molar-refractivity contribution in [2.45, 2.75) is 6.92 Å². The van der Waals surface area contributed by atoms with Crippen molar-refractivity contribution in [1.29, 1.82) is 0 Å². The minimum atomic E-state index is -0.505. The Morgan fingerprint density at radius 3 is 2.63 bits per heavy atom. The first kappa shape index (κ1) is 18.8. The second-order valence-corrected chi connectivity index (χ2v) is 7.00. The van der Waals surface area contributed by atoms with Crippen molar-refractivity contribution in [2.24, 2.45) is 0 Å². The third-order valence-electron chi connectivity index (χ3n) is 3.96. The lowest BCUT2D eigenvalue weighted by molar-refractivity contribution is -0.122. The van der Waals surface area contributed by atoms with Crippen LogP contribution in [0.3, 0.4) is 0 Å². The molecule has 2 aromatic rings. The first-order valence-electron chi connectivity index (χ1n) is 8.30. The Hall–Kier alpha value is -2.93. The van der Waals surface area contributed by atoms with E-state index in [2.05, 4.69) is 5.32 Å². The van der Waals surface area contributed by atoms with Crippen LogP contribution in [0.2, 0.25) is 0 Å². The van der Waals surface area contributed by atoms with Crippen LogP contribution in [0.5, 0.6) is 0 Å². The third-order valence-corrected chi connectivity index (χ3v) is 4.86. The van der Waals surface area contributed by atoms with Crippen LogP contribution in [0.1, 0.15) is 21.5 Å². The van der Waals surface area contributed by atoms with E-state index in [1.807, 2.05) is 31.2 Å². The Morgan fingerprint density at radius 1 is 1.19 bits per heavy atom. The van der Waals surface area contributed by atoms with Gasteiger partial charge in [-0.3, -0.25) is 19.3 Å². The van der Waals surface area contributed by atoms with Gasteiger partial charge in [-0.15, -0.1) is 0 Å². The highest BCUT2D eigenvalue weighted by atomic mass is 32.2. The van der Waals surface area contributed by atoms with Gasteiger partial charge in [-0.25, -0.2) is 4.39 Å². The Kier molecular flexibility index (Phi) is 5.71. The maximum atomic E-state index is 13.2. The van der Waals surface area contributed by atoms with Crippen LogP contribution in [0.4, 0.5) is 9.18 Å². The summed E-state index contributed by atoms with van der Waals surface area (Å²) in [5, 5.41) is 2.21. The molecule has 138 valence electrons. The zero-order chi connectivity index (χ0) is 19.4. The highest BCUT2D eigenvalue weighted by molar-refractivity contribution is 8.18.